The number of carbonyl (C=O) groups excluding carboxylic acids is 1. The number of thiophene rings is 1. The molecule has 0 spiro atoms. The van der Waals surface area contributed by atoms with Gasteiger partial charge in [-0.15, -0.1) is 11.3 Å². The Kier molecular flexibility index (Phi) is 5.04. The molecule has 2 aromatic heterocycles. The smallest absolute Gasteiger partial charge is 0.264 e. The Hall–Kier alpha value is -1.95. The minimum absolute atomic E-state index is 0.0939. The molecule has 6 heteroatoms. The van der Waals surface area contributed by atoms with Gasteiger partial charge < -0.3 is 10.3 Å². The van der Waals surface area contributed by atoms with Gasteiger partial charge in [0.25, 0.3) is 11.5 Å². The summed E-state index contributed by atoms with van der Waals surface area (Å²) in [6.45, 7) is 10.1. The van der Waals surface area contributed by atoms with Gasteiger partial charge in [0.1, 0.15) is 11.4 Å². The number of carbonyl (C=O) groups is 1. The van der Waals surface area contributed by atoms with Crippen LogP contribution in [0.4, 0.5) is 0 Å². The number of aromatic amines is 1. The van der Waals surface area contributed by atoms with Crippen molar-refractivity contribution in [2.24, 2.45) is 0 Å². The van der Waals surface area contributed by atoms with Crippen LogP contribution in [0.15, 0.2) is 22.3 Å². The lowest BCUT2D eigenvalue weighted by molar-refractivity contribution is 0.0949. The van der Waals surface area contributed by atoms with E-state index in [4.69, 9.17) is 0 Å². The van der Waals surface area contributed by atoms with E-state index < -0.39 is 0 Å². The largest absolute Gasteiger partial charge is 0.351 e. The van der Waals surface area contributed by atoms with Crippen molar-refractivity contribution in [3.8, 4) is 0 Å². The molecule has 0 saturated heterocycles. The van der Waals surface area contributed by atoms with Gasteiger partial charge in [-0.1, -0.05) is 33.8 Å². The standard InChI is InChI=1S/C17H23N3O2S/c1-10(12-7-6-8-23-12)9-18-14(21)13-11(2)19-16(17(3,4)5)20-15(13)22/h6-8,10H,9H2,1-5H3,(H,18,21)(H,19,20,22). The molecule has 2 aromatic rings. The average molecular weight is 333 g/mol. The Labute approximate surface area is 140 Å². The van der Waals surface area contributed by atoms with E-state index in [-0.39, 0.29) is 28.4 Å². The molecule has 0 bridgehead atoms. The van der Waals surface area contributed by atoms with E-state index in [1.54, 1.807) is 18.3 Å². The van der Waals surface area contributed by atoms with Crippen molar-refractivity contribution in [3.63, 3.8) is 0 Å². The molecular weight excluding hydrogens is 310 g/mol. The summed E-state index contributed by atoms with van der Waals surface area (Å²) >= 11 is 1.66. The Bertz CT molecular complexity index is 742. The van der Waals surface area contributed by atoms with Crippen molar-refractivity contribution in [1.29, 1.82) is 0 Å². The van der Waals surface area contributed by atoms with Crippen molar-refractivity contribution in [2.45, 2.75) is 46.0 Å². The molecule has 0 aliphatic heterocycles. The normalized spacial score (nSPS) is 12.9. The summed E-state index contributed by atoms with van der Waals surface area (Å²) in [5, 5.41) is 4.85. The van der Waals surface area contributed by atoms with Crippen LogP contribution >= 0.6 is 11.3 Å². The molecule has 2 heterocycles. The van der Waals surface area contributed by atoms with E-state index in [0.29, 0.717) is 18.1 Å². The topological polar surface area (TPSA) is 74.8 Å². The highest BCUT2D eigenvalue weighted by atomic mass is 32.1. The number of aromatic nitrogens is 2. The fourth-order valence-corrected chi connectivity index (χ4v) is 3.00. The summed E-state index contributed by atoms with van der Waals surface area (Å²) < 4.78 is 0. The fourth-order valence-electron chi connectivity index (χ4n) is 2.21. The third-order valence-electron chi connectivity index (χ3n) is 3.64. The zero-order chi connectivity index (χ0) is 17.2. The van der Waals surface area contributed by atoms with Crippen LogP contribution < -0.4 is 10.9 Å². The Morgan fingerprint density at radius 1 is 1.43 bits per heavy atom. The van der Waals surface area contributed by atoms with Crippen LogP contribution in [0.5, 0.6) is 0 Å². The molecule has 0 aliphatic rings. The molecular formula is C17H23N3O2S. The summed E-state index contributed by atoms with van der Waals surface area (Å²) in [6.07, 6.45) is 0. The quantitative estimate of drug-likeness (QED) is 0.903. The zero-order valence-electron chi connectivity index (χ0n) is 14.2. The minimum Gasteiger partial charge on any atom is -0.351 e. The van der Waals surface area contributed by atoms with Crippen LogP contribution in [0.3, 0.4) is 0 Å². The van der Waals surface area contributed by atoms with E-state index >= 15 is 0 Å². The van der Waals surface area contributed by atoms with Gasteiger partial charge in [0.15, 0.2) is 0 Å². The summed E-state index contributed by atoms with van der Waals surface area (Å²) in [4.78, 5) is 32.9. The Morgan fingerprint density at radius 3 is 2.65 bits per heavy atom. The molecule has 5 nitrogen and oxygen atoms in total. The first-order valence-corrected chi connectivity index (χ1v) is 8.51. The zero-order valence-corrected chi connectivity index (χ0v) is 15.0. The molecule has 0 aliphatic carbocycles. The second-order valence-corrected chi connectivity index (χ2v) is 7.73. The fraction of sp³-hybridized carbons (Fsp3) is 0.471. The highest BCUT2D eigenvalue weighted by Gasteiger charge is 2.22. The second kappa shape index (κ2) is 6.66. The van der Waals surface area contributed by atoms with Gasteiger partial charge >= 0.3 is 0 Å². The van der Waals surface area contributed by atoms with E-state index in [1.165, 1.54) is 4.88 Å². The average Bonchev–Trinajstić information content (AvgIpc) is 2.97. The molecule has 1 amide bonds. The molecule has 0 radical (unpaired) electrons. The number of nitrogens with zero attached hydrogens (tertiary/aromatic N) is 1. The minimum atomic E-state index is -0.385. The van der Waals surface area contributed by atoms with Gasteiger partial charge in [-0.2, -0.15) is 0 Å². The lowest BCUT2D eigenvalue weighted by atomic mass is 9.95. The summed E-state index contributed by atoms with van der Waals surface area (Å²) in [5.41, 5.74) is -0.105. The molecule has 0 aromatic carbocycles. The molecule has 23 heavy (non-hydrogen) atoms. The molecule has 2 N–H and O–H groups in total. The molecule has 0 fully saturated rings. The number of hydrogen-bond donors (Lipinski definition) is 2. The van der Waals surface area contributed by atoms with Crippen molar-refractivity contribution >= 4 is 17.2 Å². The third kappa shape index (κ3) is 4.07. The number of nitrogens with one attached hydrogen (secondary N) is 2. The number of amides is 1. The van der Waals surface area contributed by atoms with E-state index in [9.17, 15) is 9.59 Å². The summed E-state index contributed by atoms with van der Waals surface area (Å²) in [7, 11) is 0. The van der Waals surface area contributed by atoms with Crippen LogP contribution in [-0.4, -0.2) is 22.4 Å². The Morgan fingerprint density at radius 2 is 2.13 bits per heavy atom. The van der Waals surface area contributed by atoms with Gasteiger partial charge in [-0.3, -0.25) is 9.59 Å². The van der Waals surface area contributed by atoms with Gasteiger partial charge in [0.05, 0.1) is 5.69 Å². The predicted octanol–water partition coefficient (Wildman–Crippen LogP) is 2.97. The van der Waals surface area contributed by atoms with Crippen molar-refractivity contribution in [3.05, 3.63) is 49.8 Å². The maximum Gasteiger partial charge on any atom is 0.264 e. The second-order valence-electron chi connectivity index (χ2n) is 6.75. The number of aryl methyl sites for hydroxylation is 1. The van der Waals surface area contributed by atoms with Gasteiger partial charge in [-0.25, -0.2) is 4.98 Å². The number of rotatable bonds is 4. The number of hydrogen-bond acceptors (Lipinski definition) is 4. The molecule has 2 rings (SSSR count). The van der Waals surface area contributed by atoms with Crippen LogP contribution in [0, 0.1) is 6.92 Å². The van der Waals surface area contributed by atoms with Crippen LogP contribution in [-0.2, 0) is 5.41 Å². The summed E-state index contributed by atoms with van der Waals surface area (Å²) in [6, 6.07) is 4.03. The molecule has 124 valence electrons. The van der Waals surface area contributed by atoms with E-state index in [2.05, 4.69) is 15.3 Å². The first-order chi connectivity index (χ1) is 10.7. The monoisotopic (exact) mass is 333 g/mol. The summed E-state index contributed by atoms with van der Waals surface area (Å²) in [5.74, 6) is 0.420. The maximum atomic E-state index is 12.4. The highest BCUT2D eigenvalue weighted by Crippen LogP contribution is 2.20. The van der Waals surface area contributed by atoms with E-state index in [1.807, 2.05) is 45.2 Å². The number of H-pyrrole nitrogens is 1. The van der Waals surface area contributed by atoms with E-state index in [0.717, 1.165) is 0 Å². The lowest BCUT2D eigenvalue weighted by Crippen LogP contribution is -2.35. The lowest BCUT2D eigenvalue weighted by Gasteiger charge is -2.18. The van der Waals surface area contributed by atoms with Crippen molar-refractivity contribution in [2.75, 3.05) is 6.54 Å². The highest BCUT2D eigenvalue weighted by molar-refractivity contribution is 7.10. The SMILES string of the molecule is Cc1nc(C(C)(C)C)[nH]c(=O)c1C(=O)NCC(C)c1cccs1. The molecule has 1 atom stereocenters. The molecule has 0 saturated carbocycles. The van der Waals surface area contributed by atoms with Gasteiger partial charge in [-0.05, 0) is 18.4 Å². The van der Waals surface area contributed by atoms with Crippen LogP contribution in [0.25, 0.3) is 0 Å². The first kappa shape index (κ1) is 17.4. The molecule has 1 unspecified atom stereocenters. The van der Waals surface area contributed by atoms with Gasteiger partial charge in [0, 0.05) is 22.8 Å². The predicted molar refractivity (Wildman–Crippen MR) is 93.4 cm³/mol. The van der Waals surface area contributed by atoms with Gasteiger partial charge in [0.2, 0.25) is 0 Å². The maximum absolute atomic E-state index is 12.4. The van der Waals surface area contributed by atoms with Crippen molar-refractivity contribution in [1.82, 2.24) is 15.3 Å². The van der Waals surface area contributed by atoms with Crippen molar-refractivity contribution < 1.29 is 4.79 Å². The Balaban J connectivity index is 2.15. The van der Waals surface area contributed by atoms with Crippen LogP contribution in [0.2, 0.25) is 0 Å². The third-order valence-corrected chi connectivity index (χ3v) is 4.74. The first-order valence-electron chi connectivity index (χ1n) is 7.63. The van der Waals surface area contributed by atoms with Crippen LogP contribution in [0.1, 0.15) is 60.4 Å².